The highest BCUT2D eigenvalue weighted by Crippen LogP contribution is 2.55. The lowest BCUT2D eigenvalue weighted by Crippen LogP contribution is -2.56. The number of hydrogen-bond donors (Lipinski definition) is 0. The monoisotopic (exact) mass is 254 g/mol. The molecule has 4 fully saturated rings. The van der Waals surface area contributed by atoms with Gasteiger partial charge in [-0.25, -0.2) is 0 Å². The smallest absolute Gasteiger partial charge is 0.171 e. The van der Waals surface area contributed by atoms with E-state index in [0.717, 1.165) is 52.1 Å². The van der Waals surface area contributed by atoms with Crippen LogP contribution < -0.4 is 0 Å². The first kappa shape index (κ1) is 11.6. The van der Waals surface area contributed by atoms with Crippen LogP contribution in [0.1, 0.15) is 38.5 Å². The Hall–Kier alpha value is -0.160. The minimum atomic E-state index is -0.314. The Morgan fingerprint density at radius 3 is 1.39 bits per heavy atom. The minimum absolute atomic E-state index is 0.314. The van der Waals surface area contributed by atoms with Gasteiger partial charge >= 0.3 is 0 Å². The summed E-state index contributed by atoms with van der Waals surface area (Å²) in [4.78, 5) is 0. The van der Waals surface area contributed by atoms with Crippen molar-refractivity contribution in [2.75, 3.05) is 26.4 Å². The van der Waals surface area contributed by atoms with E-state index in [1.165, 1.54) is 12.8 Å². The van der Waals surface area contributed by atoms with Crippen LogP contribution in [-0.4, -0.2) is 38.0 Å². The van der Waals surface area contributed by atoms with Crippen molar-refractivity contribution >= 4 is 0 Å². The molecule has 0 aromatic rings. The summed E-state index contributed by atoms with van der Waals surface area (Å²) >= 11 is 0. The molecule has 102 valence electrons. The summed E-state index contributed by atoms with van der Waals surface area (Å²) in [6.07, 6.45) is 6.80. The van der Waals surface area contributed by atoms with E-state index >= 15 is 0 Å². The lowest BCUT2D eigenvalue weighted by Gasteiger charge is -2.52. The molecule has 2 atom stereocenters. The van der Waals surface area contributed by atoms with Gasteiger partial charge in [-0.15, -0.1) is 0 Å². The molecule has 4 heteroatoms. The van der Waals surface area contributed by atoms with Gasteiger partial charge in [-0.05, 0) is 25.7 Å². The van der Waals surface area contributed by atoms with Crippen LogP contribution in [0.3, 0.4) is 0 Å². The Balaban J connectivity index is 1.65. The van der Waals surface area contributed by atoms with Gasteiger partial charge in [0.1, 0.15) is 0 Å². The maximum atomic E-state index is 6.02. The van der Waals surface area contributed by atoms with Crippen molar-refractivity contribution < 1.29 is 18.9 Å². The summed E-state index contributed by atoms with van der Waals surface area (Å²) in [7, 11) is 0. The molecule has 0 bridgehead atoms. The first-order chi connectivity index (χ1) is 8.85. The molecule has 4 aliphatic rings. The largest absolute Gasteiger partial charge is 0.347 e. The van der Waals surface area contributed by atoms with Gasteiger partial charge in [-0.1, -0.05) is 0 Å². The molecule has 2 aliphatic heterocycles. The van der Waals surface area contributed by atoms with E-state index in [1.54, 1.807) is 0 Å². The first-order valence-corrected chi connectivity index (χ1v) is 7.41. The molecule has 0 radical (unpaired) electrons. The Bertz CT molecular complexity index is 286. The van der Waals surface area contributed by atoms with Gasteiger partial charge in [0.05, 0.1) is 26.4 Å². The second-order valence-electron chi connectivity index (χ2n) is 6.01. The third kappa shape index (κ3) is 1.52. The van der Waals surface area contributed by atoms with Crippen molar-refractivity contribution in [3.05, 3.63) is 0 Å². The normalized spacial score (nSPS) is 41.3. The maximum absolute atomic E-state index is 6.02. The fraction of sp³-hybridized carbons (Fsp3) is 1.00. The minimum Gasteiger partial charge on any atom is -0.347 e. The van der Waals surface area contributed by atoms with E-state index in [2.05, 4.69) is 0 Å². The summed E-state index contributed by atoms with van der Waals surface area (Å²) in [6.45, 7) is 2.99. The molecule has 4 nitrogen and oxygen atoms in total. The van der Waals surface area contributed by atoms with Gasteiger partial charge in [-0.3, -0.25) is 0 Å². The van der Waals surface area contributed by atoms with Crippen LogP contribution in [0.15, 0.2) is 0 Å². The van der Waals surface area contributed by atoms with Gasteiger partial charge in [-0.2, -0.15) is 0 Å². The molecule has 0 aromatic heterocycles. The van der Waals surface area contributed by atoms with E-state index in [4.69, 9.17) is 18.9 Å². The van der Waals surface area contributed by atoms with Crippen LogP contribution in [0.25, 0.3) is 0 Å². The predicted molar refractivity (Wildman–Crippen MR) is 64.0 cm³/mol. The van der Waals surface area contributed by atoms with Gasteiger partial charge in [0.2, 0.25) is 0 Å². The van der Waals surface area contributed by atoms with E-state index in [0.29, 0.717) is 11.8 Å². The van der Waals surface area contributed by atoms with E-state index in [1.807, 2.05) is 0 Å². The molecule has 2 saturated carbocycles. The lowest BCUT2D eigenvalue weighted by molar-refractivity contribution is -0.299. The van der Waals surface area contributed by atoms with Crippen molar-refractivity contribution in [3.63, 3.8) is 0 Å². The Morgan fingerprint density at radius 2 is 1.00 bits per heavy atom. The molecule has 2 aliphatic carbocycles. The third-order valence-corrected chi connectivity index (χ3v) is 5.25. The molecule has 2 heterocycles. The fourth-order valence-electron chi connectivity index (χ4n) is 4.62. The average molecular weight is 254 g/mol. The van der Waals surface area contributed by atoms with Crippen LogP contribution >= 0.6 is 0 Å². The number of fused-ring (bicyclic) bond motifs is 3. The van der Waals surface area contributed by atoms with Gasteiger partial charge in [0.15, 0.2) is 11.6 Å². The van der Waals surface area contributed by atoms with Crippen molar-refractivity contribution in [1.29, 1.82) is 0 Å². The van der Waals surface area contributed by atoms with Crippen molar-refractivity contribution in [2.45, 2.75) is 50.1 Å². The summed E-state index contributed by atoms with van der Waals surface area (Å²) in [6, 6.07) is 0. The molecule has 0 unspecified atom stereocenters. The summed E-state index contributed by atoms with van der Waals surface area (Å²) < 4.78 is 24.1. The fourth-order valence-corrected chi connectivity index (χ4v) is 4.62. The summed E-state index contributed by atoms with van der Waals surface area (Å²) in [5.41, 5.74) is 0. The summed E-state index contributed by atoms with van der Waals surface area (Å²) in [5.74, 6) is 0.290. The van der Waals surface area contributed by atoms with Crippen LogP contribution in [-0.2, 0) is 18.9 Å². The maximum Gasteiger partial charge on any atom is 0.171 e. The Kier molecular flexibility index (Phi) is 2.70. The van der Waals surface area contributed by atoms with Crippen LogP contribution in [0.4, 0.5) is 0 Å². The van der Waals surface area contributed by atoms with Crippen molar-refractivity contribution in [1.82, 2.24) is 0 Å². The van der Waals surface area contributed by atoms with E-state index in [-0.39, 0.29) is 11.6 Å². The van der Waals surface area contributed by atoms with Gasteiger partial charge < -0.3 is 18.9 Å². The van der Waals surface area contributed by atoms with Crippen LogP contribution in [0.5, 0.6) is 0 Å². The highest BCUT2D eigenvalue weighted by Gasteiger charge is 2.59. The molecular formula is C14H22O4. The van der Waals surface area contributed by atoms with Crippen molar-refractivity contribution in [3.8, 4) is 0 Å². The van der Waals surface area contributed by atoms with Crippen molar-refractivity contribution in [2.24, 2.45) is 11.8 Å². The third-order valence-electron chi connectivity index (χ3n) is 5.25. The van der Waals surface area contributed by atoms with E-state index < -0.39 is 0 Å². The quantitative estimate of drug-likeness (QED) is 0.663. The number of ether oxygens (including phenoxy) is 4. The molecule has 0 aromatic carbocycles. The van der Waals surface area contributed by atoms with Crippen LogP contribution in [0, 0.1) is 11.8 Å². The highest BCUT2D eigenvalue weighted by atomic mass is 16.7. The first-order valence-electron chi connectivity index (χ1n) is 7.41. The SMILES string of the molecule is C1C[C@H]2[C@H](CCCC23OCCO3)C2(C1)OCCO2. The zero-order chi connectivity index (χ0) is 12.1. The van der Waals surface area contributed by atoms with E-state index in [9.17, 15) is 0 Å². The Labute approximate surface area is 108 Å². The van der Waals surface area contributed by atoms with Gasteiger partial charge in [0, 0.05) is 24.7 Å². The summed E-state index contributed by atoms with van der Waals surface area (Å²) in [5, 5.41) is 0. The molecule has 4 rings (SSSR count). The average Bonchev–Trinajstić information content (AvgIpc) is 3.03. The molecule has 0 N–H and O–H groups in total. The Morgan fingerprint density at radius 1 is 0.611 bits per heavy atom. The van der Waals surface area contributed by atoms with Gasteiger partial charge in [0.25, 0.3) is 0 Å². The lowest BCUT2D eigenvalue weighted by atomic mass is 9.64. The zero-order valence-corrected chi connectivity index (χ0v) is 10.9. The zero-order valence-electron chi connectivity index (χ0n) is 10.9. The van der Waals surface area contributed by atoms with Crippen LogP contribution in [0.2, 0.25) is 0 Å². The standard InChI is InChI=1S/C14H22O4/c1-3-11-12(13(5-1)15-7-8-16-13)4-2-6-14(11)17-9-10-18-14/h11-12H,1-10H2/t11-,12-/m0/s1. The highest BCUT2D eigenvalue weighted by molar-refractivity contribution is 5.01. The molecular weight excluding hydrogens is 232 g/mol. The second kappa shape index (κ2) is 4.17. The predicted octanol–water partition coefficient (Wildman–Crippen LogP) is 2.07. The number of hydrogen-bond acceptors (Lipinski definition) is 4. The molecule has 2 spiro atoms. The topological polar surface area (TPSA) is 36.9 Å². The molecule has 0 amide bonds. The second-order valence-corrected chi connectivity index (χ2v) is 6.01. The number of rotatable bonds is 0. The molecule has 18 heavy (non-hydrogen) atoms. The molecule has 2 saturated heterocycles.